The van der Waals surface area contributed by atoms with Crippen molar-refractivity contribution in [3.05, 3.63) is 30.2 Å². The molecule has 0 aliphatic carbocycles. The summed E-state index contributed by atoms with van der Waals surface area (Å²) in [4.78, 5) is 9.21. The van der Waals surface area contributed by atoms with Gasteiger partial charge in [-0.15, -0.1) is 0 Å². The summed E-state index contributed by atoms with van der Waals surface area (Å²) in [7, 11) is 4.19. The number of ether oxygens (including phenoxy) is 1. The molecule has 0 saturated carbocycles. The van der Waals surface area contributed by atoms with E-state index in [9.17, 15) is 0 Å². The van der Waals surface area contributed by atoms with Gasteiger partial charge in [0.05, 0.1) is 12.7 Å². The predicted molar refractivity (Wildman–Crippen MR) is 87.1 cm³/mol. The maximum Gasteiger partial charge on any atom is 0.195 e. The maximum atomic E-state index is 5.81. The minimum absolute atomic E-state index is 0.327. The first kappa shape index (κ1) is 15.5. The number of hydrogen-bond acceptors (Lipinski definition) is 5. The van der Waals surface area contributed by atoms with E-state index in [2.05, 4.69) is 28.9 Å². The molecule has 0 radical (unpaired) electrons. The van der Waals surface area contributed by atoms with Crippen molar-refractivity contribution in [2.45, 2.75) is 18.9 Å². The van der Waals surface area contributed by atoms with Gasteiger partial charge in [0.15, 0.2) is 11.5 Å². The number of para-hydroxylation sites is 2. The average molecular weight is 303 g/mol. The Hall–Kier alpha value is -1.43. The number of fused-ring (bicyclic) bond motifs is 1. The van der Waals surface area contributed by atoms with Gasteiger partial charge in [-0.3, -0.25) is 4.90 Å². The van der Waals surface area contributed by atoms with Crippen LogP contribution in [-0.2, 0) is 11.2 Å². The van der Waals surface area contributed by atoms with E-state index in [1.54, 1.807) is 0 Å². The lowest BCUT2D eigenvalue weighted by molar-refractivity contribution is -0.0382. The summed E-state index contributed by atoms with van der Waals surface area (Å²) in [6.45, 7) is 4.94. The number of aryl methyl sites for hydroxylation is 1. The second-order valence-electron chi connectivity index (χ2n) is 6.23. The first-order valence-corrected chi connectivity index (χ1v) is 8.04. The molecule has 1 saturated heterocycles. The highest BCUT2D eigenvalue weighted by Gasteiger charge is 2.20. The summed E-state index contributed by atoms with van der Waals surface area (Å²) in [5, 5.41) is 0. The Morgan fingerprint density at radius 3 is 3.00 bits per heavy atom. The topological polar surface area (TPSA) is 41.7 Å². The third-order valence-corrected chi connectivity index (χ3v) is 3.99. The second-order valence-corrected chi connectivity index (χ2v) is 6.23. The third-order valence-electron chi connectivity index (χ3n) is 3.99. The van der Waals surface area contributed by atoms with Crippen LogP contribution in [0.3, 0.4) is 0 Å². The lowest BCUT2D eigenvalue weighted by atomic mass is 10.2. The fourth-order valence-corrected chi connectivity index (χ4v) is 2.98. The van der Waals surface area contributed by atoms with Gasteiger partial charge in [-0.05, 0) is 39.2 Å². The van der Waals surface area contributed by atoms with E-state index in [-0.39, 0.29) is 0 Å². The summed E-state index contributed by atoms with van der Waals surface area (Å²) in [6, 6.07) is 7.94. The lowest BCUT2D eigenvalue weighted by Crippen LogP contribution is -2.46. The van der Waals surface area contributed by atoms with Crippen molar-refractivity contribution in [2.75, 3.05) is 46.9 Å². The highest BCUT2D eigenvalue weighted by molar-refractivity contribution is 5.72. The van der Waals surface area contributed by atoms with E-state index in [1.165, 1.54) is 0 Å². The molecule has 1 aliphatic heterocycles. The van der Waals surface area contributed by atoms with E-state index >= 15 is 0 Å². The van der Waals surface area contributed by atoms with Gasteiger partial charge in [-0.2, -0.15) is 0 Å². The molecular weight excluding hydrogens is 278 g/mol. The van der Waals surface area contributed by atoms with Crippen LogP contribution < -0.4 is 0 Å². The van der Waals surface area contributed by atoms with Crippen LogP contribution in [0, 0.1) is 0 Å². The Kier molecular flexibility index (Phi) is 5.08. The molecule has 1 aromatic heterocycles. The molecule has 0 bridgehead atoms. The zero-order valence-electron chi connectivity index (χ0n) is 13.5. The number of nitrogens with zero attached hydrogens (tertiary/aromatic N) is 3. The summed E-state index contributed by atoms with van der Waals surface area (Å²) < 4.78 is 11.6. The fourth-order valence-electron chi connectivity index (χ4n) is 2.98. The molecule has 3 rings (SSSR count). The van der Waals surface area contributed by atoms with Crippen molar-refractivity contribution in [1.82, 2.24) is 14.8 Å². The van der Waals surface area contributed by atoms with Crippen molar-refractivity contribution < 1.29 is 9.15 Å². The van der Waals surface area contributed by atoms with Crippen molar-refractivity contribution in [3.63, 3.8) is 0 Å². The number of rotatable bonds is 6. The molecule has 2 heterocycles. The predicted octanol–water partition coefficient (Wildman–Crippen LogP) is 2.02. The van der Waals surface area contributed by atoms with E-state index in [4.69, 9.17) is 9.15 Å². The molecule has 1 fully saturated rings. The Balaban J connectivity index is 1.46. The van der Waals surface area contributed by atoms with Gasteiger partial charge in [-0.1, -0.05) is 12.1 Å². The molecule has 0 spiro atoms. The molecule has 2 aromatic rings. The largest absolute Gasteiger partial charge is 0.441 e. The Morgan fingerprint density at radius 1 is 1.32 bits per heavy atom. The van der Waals surface area contributed by atoms with E-state index in [0.29, 0.717) is 6.10 Å². The first-order chi connectivity index (χ1) is 10.7. The van der Waals surface area contributed by atoms with E-state index in [0.717, 1.165) is 62.6 Å². The molecule has 1 aromatic carbocycles. The maximum absolute atomic E-state index is 5.81. The van der Waals surface area contributed by atoms with Crippen molar-refractivity contribution in [2.24, 2.45) is 0 Å². The van der Waals surface area contributed by atoms with Gasteiger partial charge < -0.3 is 14.1 Å². The smallest absolute Gasteiger partial charge is 0.195 e. The van der Waals surface area contributed by atoms with Crippen LogP contribution >= 0.6 is 0 Å². The molecule has 0 N–H and O–H groups in total. The van der Waals surface area contributed by atoms with Crippen LogP contribution in [0.4, 0.5) is 0 Å². The summed E-state index contributed by atoms with van der Waals surface area (Å²) in [6.07, 6.45) is 2.29. The van der Waals surface area contributed by atoms with Gasteiger partial charge in [0.25, 0.3) is 0 Å². The van der Waals surface area contributed by atoms with Crippen LogP contribution in [0.2, 0.25) is 0 Å². The normalized spacial score (nSPS) is 20.0. The van der Waals surface area contributed by atoms with Crippen LogP contribution in [-0.4, -0.2) is 67.8 Å². The SMILES string of the molecule is CN(C)CC1CN(CCCc2nc3ccccc3o2)CCO1. The van der Waals surface area contributed by atoms with Crippen molar-refractivity contribution >= 4 is 11.1 Å². The highest BCUT2D eigenvalue weighted by atomic mass is 16.5. The summed E-state index contributed by atoms with van der Waals surface area (Å²) >= 11 is 0. The standard InChI is InChI=1S/C17H25N3O2/c1-19(2)12-14-13-20(10-11-21-14)9-5-8-17-18-15-6-3-4-7-16(15)22-17/h3-4,6-7,14H,5,8-13H2,1-2H3. The highest BCUT2D eigenvalue weighted by Crippen LogP contribution is 2.16. The molecule has 1 atom stereocenters. The van der Waals surface area contributed by atoms with Crippen LogP contribution in [0.25, 0.3) is 11.1 Å². The zero-order chi connectivity index (χ0) is 15.4. The quantitative estimate of drug-likeness (QED) is 0.817. The Morgan fingerprint density at radius 2 is 2.18 bits per heavy atom. The van der Waals surface area contributed by atoms with Crippen molar-refractivity contribution in [1.29, 1.82) is 0 Å². The van der Waals surface area contributed by atoms with E-state index in [1.807, 2.05) is 24.3 Å². The first-order valence-electron chi connectivity index (χ1n) is 8.04. The van der Waals surface area contributed by atoms with Gasteiger partial charge in [0.1, 0.15) is 5.52 Å². The van der Waals surface area contributed by atoms with Crippen LogP contribution in [0.15, 0.2) is 28.7 Å². The van der Waals surface area contributed by atoms with Gasteiger partial charge in [0, 0.05) is 26.1 Å². The molecule has 120 valence electrons. The minimum Gasteiger partial charge on any atom is -0.441 e. The molecule has 22 heavy (non-hydrogen) atoms. The number of oxazole rings is 1. The zero-order valence-corrected chi connectivity index (χ0v) is 13.5. The molecule has 5 heteroatoms. The number of morpholine rings is 1. The number of aromatic nitrogens is 1. The second kappa shape index (κ2) is 7.22. The van der Waals surface area contributed by atoms with E-state index < -0.39 is 0 Å². The van der Waals surface area contributed by atoms with Crippen LogP contribution in [0.1, 0.15) is 12.3 Å². The Labute approximate surface area is 131 Å². The van der Waals surface area contributed by atoms with Crippen LogP contribution in [0.5, 0.6) is 0 Å². The fraction of sp³-hybridized carbons (Fsp3) is 0.588. The molecule has 5 nitrogen and oxygen atoms in total. The Bertz CT molecular complexity index is 563. The summed E-state index contributed by atoms with van der Waals surface area (Å²) in [5.41, 5.74) is 1.84. The third kappa shape index (κ3) is 4.06. The molecule has 1 unspecified atom stereocenters. The van der Waals surface area contributed by atoms with Crippen molar-refractivity contribution in [3.8, 4) is 0 Å². The number of benzene rings is 1. The molecule has 0 amide bonds. The average Bonchev–Trinajstić information content (AvgIpc) is 2.89. The number of likely N-dealkylation sites (N-methyl/N-ethyl adjacent to an activating group) is 1. The lowest BCUT2D eigenvalue weighted by Gasteiger charge is -2.34. The summed E-state index contributed by atoms with van der Waals surface area (Å²) in [5.74, 6) is 0.847. The van der Waals surface area contributed by atoms with Gasteiger partial charge >= 0.3 is 0 Å². The van der Waals surface area contributed by atoms with Gasteiger partial charge in [-0.25, -0.2) is 4.98 Å². The van der Waals surface area contributed by atoms with Gasteiger partial charge in [0.2, 0.25) is 0 Å². The molecular formula is C17H25N3O2. The number of hydrogen-bond donors (Lipinski definition) is 0. The minimum atomic E-state index is 0.327. The molecule has 1 aliphatic rings. The monoisotopic (exact) mass is 303 g/mol.